The van der Waals surface area contributed by atoms with Gasteiger partial charge in [0.2, 0.25) is 15.9 Å². The minimum Gasteiger partial charge on any atom is -0.495 e. The van der Waals surface area contributed by atoms with Crippen molar-refractivity contribution in [1.82, 2.24) is 4.31 Å². The number of carbonyl (C=O) groups is 1. The van der Waals surface area contributed by atoms with Gasteiger partial charge in [0.15, 0.2) is 0 Å². The summed E-state index contributed by atoms with van der Waals surface area (Å²) >= 11 is 6.08. The first kappa shape index (κ1) is 24.1. The molecule has 3 rings (SSSR count). The number of sulfonamides is 1. The molecule has 2 aromatic rings. The van der Waals surface area contributed by atoms with Crippen molar-refractivity contribution >= 4 is 39.3 Å². The Morgan fingerprint density at radius 1 is 1.00 bits per heavy atom. The van der Waals surface area contributed by atoms with E-state index in [4.69, 9.17) is 21.1 Å². The molecule has 0 unspecified atom stereocenters. The highest BCUT2D eigenvalue weighted by atomic mass is 35.5. The van der Waals surface area contributed by atoms with E-state index in [1.807, 2.05) is 0 Å². The van der Waals surface area contributed by atoms with Gasteiger partial charge >= 0.3 is 0 Å². The monoisotopic (exact) mass is 478 g/mol. The molecule has 32 heavy (non-hydrogen) atoms. The highest BCUT2D eigenvalue weighted by molar-refractivity contribution is 7.89. The average Bonchev–Trinajstić information content (AvgIpc) is 3.09. The largest absolute Gasteiger partial charge is 0.495 e. The number of hydrogen-bond acceptors (Lipinski definition) is 5. The summed E-state index contributed by atoms with van der Waals surface area (Å²) in [6.45, 7) is 1.12. The van der Waals surface area contributed by atoms with Gasteiger partial charge in [-0.1, -0.05) is 36.6 Å². The van der Waals surface area contributed by atoms with Gasteiger partial charge in [-0.15, -0.1) is 0 Å². The van der Waals surface area contributed by atoms with Crippen molar-refractivity contribution < 1.29 is 22.7 Å². The fourth-order valence-electron chi connectivity index (χ4n) is 3.49. The first-order chi connectivity index (χ1) is 15.3. The van der Waals surface area contributed by atoms with Gasteiger partial charge in [-0.2, -0.15) is 4.31 Å². The van der Waals surface area contributed by atoms with E-state index in [1.54, 1.807) is 46.8 Å². The highest BCUT2D eigenvalue weighted by Crippen LogP contribution is 2.35. The van der Waals surface area contributed by atoms with Crippen LogP contribution < -0.4 is 14.8 Å². The summed E-state index contributed by atoms with van der Waals surface area (Å²) < 4.78 is 37.7. The van der Waals surface area contributed by atoms with E-state index in [9.17, 15) is 13.2 Å². The molecule has 0 radical (unpaired) electrons. The molecule has 2 aromatic carbocycles. The number of ether oxygens (including phenoxy) is 2. The van der Waals surface area contributed by atoms with Gasteiger partial charge in [-0.05, 0) is 36.6 Å². The van der Waals surface area contributed by atoms with Crippen LogP contribution in [-0.2, 0) is 14.8 Å². The van der Waals surface area contributed by atoms with Crippen molar-refractivity contribution in [2.45, 2.75) is 30.6 Å². The minimum absolute atomic E-state index is 0.263. The zero-order chi connectivity index (χ0) is 23.1. The Hall–Kier alpha value is -2.55. The Bertz CT molecular complexity index is 1080. The molecular formula is C23H27ClN2O5S. The lowest BCUT2D eigenvalue weighted by Gasteiger charge is -2.19. The molecule has 1 heterocycles. The van der Waals surface area contributed by atoms with Crippen molar-refractivity contribution in [3.63, 3.8) is 0 Å². The van der Waals surface area contributed by atoms with Crippen LogP contribution in [0.1, 0.15) is 31.2 Å². The molecule has 1 aliphatic rings. The molecule has 1 aliphatic heterocycles. The second kappa shape index (κ2) is 10.8. The Morgan fingerprint density at radius 2 is 1.62 bits per heavy atom. The van der Waals surface area contributed by atoms with E-state index in [1.165, 1.54) is 20.3 Å². The van der Waals surface area contributed by atoms with E-state index in [0.29, 0.717) is 40.9 Å². The second-order valence-electron chi connectivity index (χ2n) is 7.40. The number of methoxy groups -OCH3 is 2. The standard InChI is InChI=1S/C23H27ClN2O5S/c1-30-21-16-20(22(31-2)15-19(21)24)25-23(27)12-9-17-7-10-18(11-8-17)32(28,29)26-13-5-3-4-6-14-26/h7-12,15-16H,3-6,13-14H2,1-2H3,(H,25,27)/b12-9+. The van der Waals surface area contributed by atoms with Crippen molar-refractivity contribution in [3.8, 4) is 11.5 Å². The van der Waals surface area contributed by atoms with Crippen molar-refractivity contribution in [3.05, 3.63) is 53.1 Å². The van der Waals surface area contributed by atoms with Gasteiger partial charge in [-0.3, -0.25) is 4.79 Å². The molecule has 7 nitrogen and oxygen atoms in total. The number of amides is 1. The van der Waals surface area contributed by atoms with Crippen LogP contribution in [0, 0.1) is 0 Å². The molecule has 0 aromatic heterocycles. The molecular weight excluding hydrogens is 452 g/mol. The molecule has 9 heteroatoms. The van der Waals surface area contributed by atoms with Gasteiger partial charge in [0.1, 0.15) is 11.5 Å². The SMILES string of the molecule is COc1cc(NC(=O)/C=C/c2ccc(S(=O)(=O)N3CCCCCC3)cc2)c(OC)cc1Cl. The first-order valence-electron chi connectivity index (χ1n) is 10.4. The van der Waals surface area contributed by atoms with Crippen molar-refractivity contribution in [2.75, 3.05) is 32.6 Å². The van der Waals surface area contributed by atoms with Crippen molar-refractivity contribution in [1.29, 1.82) is 0 Å². The van der Waals surface area contributed by atoms with Gasteiger partial charge < -0.3 is 14.8 Å². The fourth-order valence-corrected chi connectivity index (χ4v) is 5.23. The summed E-state index contributed by atoms with van der Waals surface area (Å²) in [6, 6.07) is 9.65. The van der Waals surface area contributed by atoms with Crippen LogP contribution in [0.25, 0.3) is 6.08 Å². The number of rotatable bonds is 7. The topological polar surface area (TPSA) is 84.9 Å². The van der Waals surface area contributed by atoms with E-state index in [2.05, 4.69) is 5.32 Å². The van der Waals surface area contributed by atoms with Crippen LogP contribution in [-0.4, -0.2) is 45.9 Å². The maximum Gasteiger partial charge on any atom is 0.248 e. The van der Waals surface area contributed by atoms with Gasteiger partial charge in [0.05, 0.1) is 29.8 Å². The van der Waals surface area contributed by atoms with Gasteiger partial charge in [-0.25, -0.2) is 8.42 Å². The maximum atomic E-state index is 12.9. The number of anilines is 1. The number of carbonyl (C=O) groups excluding carboxylic acids is 1. The third kappa shape index (κ3) is 5.82. The summed E-state index contributed by atoms with van der Waals surface area (Å²) in [5, 5.41) is 3.09. The quantitative estimate of drug-likeness (QED) is 0.589. The van der Waals surface area contributed by atoms with Crippen LogP contribution in [0.5, 0.6) is 11.5 Å². The smallest absolute Gasteiger partial charge is 0.248 e. The molecule has 1 fully saturated rings. The highest BCUT2D eigenvalue weighted by Gasteiger charge is 2.24. The van der Waals surface area contributed by atoms with Crippen molar-refractivity contribution in [2.24, 2.45) is 0 Å². The number of nitrogens with zero attached hydrogens (tertiary/aromatic N) is 1. The van der Waals surface area contributed by atoms with Crippen LogP contribution in [0.15, 0.2) is 47.4 Å². The third-order valence-electron chi connectivity index (χ3n) is 5.24. The predicted molar refractivity (Wildman–Crippen MR) is 126 cm³/mol. The van der Waals surface area contributed by atoms with Crippen LogP contribution in [0.4, 0.5) is 5.69 Å². The summed E-state index contributed by atoms with van der Waals surface area (Å²) in [5.74, 6) is 0.433. The van der Waals surface area contributed by atoms with E-state index in [-0.39, 0.29) is 10.8 Å². The lowest BCUT2D eigenvalue weighted by atomic mass is 10.2. The molecule has 172 valence electrons. The molecule has 0 spiro atoms. The fraction of sp³-hybridized carbons (Fsp3) is 0.348. The molecule has 0 saturated carbocycles. The van der Waals surface area contributed by atoms with Crippen LogP contribution in [0.3, 0.4) is 0 Å². The molecule has 0 atom stereocenters. The summed E-state index contributed by atoms with van der Waals surface area (Å²) in [4.78, 5) is 12.6. The molecule has 1 saturated heterocycles. The molecule has 1 N–H and O–H groups in total. The normalized spacial score (nSPS) is 15.3. The zero-order valence-corrected chi connectivity index (χ0v) is 19.7. The molecule has 0 aliphatic carbocycles. The Balaban J connectivity index is 1.69. The Morgan fingerprint density at radius 3 is 2.22 bits per heavy atom. The number of hydrogen-bond donors (Lipinski definition) is 1. The number of benzene rings is 2. The first-order valence-corrected chi connectivity index (χ1v) is 12.2. The van der Waals surface area contributed by atoms with E-state index < -0.39 is 10.0 Å². The Kier molecular flexibility index (Phi) is 8.17. The van der Waals surface area contributed by atoms with Gasteiger partial charge in [0, 0.05) is 31.3 Å². The second-order valence-corrected chi connectivity index (χ2v) is 9.74. The predicted octanol–water partition coefficient (Wildman–Crippen LogP) is 4.57. The lowest BCUT2D eigenvalue weighted by Crippen LogP contribution is -2.31. The van der Waals surface area contributed by atoms with Gasteiger partial charge in [0.25, 0.3) is 0 Å². The maximum absolute atomic E-state index is 12.9. The van der Waals surface area contributed by atoms with Crippen LogP contribution >= 0.6 is 11.6 Å². The molecule has 0 bridgehead atoms. The van der Waals surface area contributed by atoms with Crippen LogP contribution in [0.2, 0.25) is 5.02 Å². The lowest BCUT2D eigenvalue weighted by molar-refractivity contribution is -0.111. The summed E-state index contributed by atoms with van der Waals surface area (Å²) in [5.41, 5.74) is 1.12. The van der Waals surface area contributed by atoms with E-state index >= 15 is 0 Å². The Labute approximate surface area is 194 Å². The third-order valence-corrected chi connectivity index (χ3v) is 7.45. The summed E-state index contributed by atoms with van der Waals surface area (Å²) in [7, 11) is -0.539. The zero-order valence-electron chi connectivity index (χ0n) is 18.1. The molecule has 1 amide bonds. The van der Waals surface area contributed by atoms with E-state index in [0.717, 1.165) is 25.7 Å². The number of nitrogens with one attached hydrogen (secondary N) is 1. The summed E-state index contributed by atoms with van der Waals surface area (Å²) in [6.07, 6.45) is 6.87. The number of halogens is 1. The average molecular weight is 479 g/mol. The minimum atomic E-state index is -3.50.